The summed E-state index contributed by atoms with van der Waals surface area (Å²) in [5, 5.41) is 2.49. The Kier molecular flexibility index (Phi) is 5.11. The zero-order valence-corrected chi connectivity index (χ0v) is 8.26. The molecule has 0 aliphatic rings. The fourth-order valence-electron chi connectivity index (χ4n) is 0.635. The van der Waals surface area contributed by atoms with Gasteiger partial charge in [0.15, 0.2) is 0 Å². The summed E-state index contributed by atoms with van der Waals surface area (Å²) in [4.78, 5) is 11.0. The minimum absolute atomic E-state index is 0.384. The lowest BCUT2D eigenvalue weighted by Gasteiger charge is -2.19. The molecular formula is C9H16FNO2. The summed E-state index contributed by atoms with van der Waals surface area (Å²) in [6, 6.07) is 0. The molecule has 4 heteroatoms. The predicted octanol–water partition coefficient (Wildman–Crippen LogP) is 2.38. The number of ether oxygens (including phenoxy) is 1. The molecule has 0 aromatic rings. The van der Waals surface area contributed by atoms with Gasteiger partial charge in [0.25, 0.3) is 0 Å². The summed E-state index contributed by atoms with van der Waals surface area (Å²) in [5.74, 6) is 0. The average Bonchev–Trinajstić information content (AvgIpc) is 1.94. The van der Waals surface area contributed by atoms with Gasteiger partial charge in [-0.3, -0.25) is 0 Å². The number of hydrogen-bond acceptors (Lipinski definition) is 2. The Morgan fingerprint density at radius 1 is 1.54 bits per heavy atom. The molecule has 1 amide bonds. The summed E-state index contributed by atoms with van der Waals surface area (Å²) in [6.45, 7) is 5.74. The van der Waals surface area contributed by atoms with Crippen molar-refractivity contribution in [1.29, 1.82) is 0 Å². The summed E-state index contributed by atoms with van der Waals surface area (Å²) in [7, 11) is 0. The van der Waals surface area contributed by atoms with Crippen LogP contribution in [0.1, 0.15) is 27.2 Å². The van der Waals surface area contributed by atoms with Crippen molar-refractivity contribution in [2.45, 2.75) is 32.8 Å². The maximum atomic E-state index is 11.5. The van der Waals surface area contributed by atoms with E-state index in [1.807, 2.05) is 0 Å². The second kappa shape index (κ2) is 5.56. The lowest BCUT2D eigenvalue weighted by Crippen LogP contribution is -2.32. The third-order valence-corrected chi connectivity index (χ3v) is 1.07. The number of alkyl carbamates (subject to hydrolysis) is 1. The fraction of sp³-hybridized carbons (Fsp3) is 0.667. The minimum Gasteiger partial charge on any atom is -0.444 e. The normalized spacial score (nSPS) is 11.7. The van der Waals surface area contributed by atoms with E-state index in [1.54, 1.807) is 20.8 Å². The lowest BCUT2D eigenvalue weighted by atomic mass is 10.2. The smallest absolute Gasteiger partial charge is 0.407 e. The highest BCUT2D eigenvalue weighted by Gasteiger charge is 2.14. The van der Waals surface area contributed by atoms with Crippen molar-refractivity contribution in [2.24, 2.45) is 0 Å². The van der Waals surface area contributed by atoms with Gasteiger partial charge in [0.05, 0.1) is 6.33 Å². The van der Waals surface area contributed by atoms with E-state index in [-0.39, 0.29) is 0 Å². The van der Waals surface area contributed by atoms with E-state index in [4.69, 9.17) is 4.74 Å². The van der Waals surface area contributed by atoms with E-state index >= 15 is 0 Å². The van der Waals surface area contributed by atoms with Crippen molar-refractivity contribution in [3.8, 4) is 0 Å². The van der Waals surface area contributed by atoms with Gasteiger partial charge in [0.2, 0.25) is 0 Å². The molecule has 0 radical (unpaired) electrons. The molecule has 0 bridgehead atoms. The fourth-order valence-corrected chi connectivity index (χ4v) is 0.635. The topological polar surface area (TPSA) is 38.3 Å². The highest BCUT2D eigenvalue weighted by atomic mass is 19.1. The van der Waals surface area contributed by atoms with E-state index in [1.165, 1.54) is 6.08 Å². The molecule has 0 heterocycles. The molecule has 0 spiro atoms. The van der Waals surface area contributed by atoms with E-state index in [0.717, 1.165) is 0 Å². The monoisotopic (exact) mass is 189 g/mol. The second-order valence-corrected chi connectivity index (χ2v) is 3.58. The zero-order valence-electron chi connectivity index (χ0n) is 8.26. The Morgan fingerprint density at radius 2 is 2.15 bits per heavy atom. The number of carbonyl (C=O) groups is 1. The van der Waals surface area contributed by atoms with Crippen LogP contribution in [0, 0.1) is 0 Å². The number of hydrogen-bond donors (Lipinski definition) is 1. The highest BCUT2D eigenvalue weighted by molar-refractivity contribution is 5.67. The molecule has 0 fully saturated rings. The maximum Gasteiger partial charge on any atom is 0.407 e. The third kappa shape index (κ3) is 8.85. The van der Waals surface area contributed by atoms with Crippen LogP contribution in [0.4, 0.5) is 9.18 Å². The molecule has 0 aromatic carbocycles. The number of halogens is 1. The molecule has 1 N–H and O–H groups in total. The van der Waals surface area contributed by atoms with Crippen LogP contribution in [0.5, 0.6) is 0 Å². The third-order valence-electron chi connectivity index (χ3n) is 1.07. The van der Waals surface area contributed by atoms with Crippen molar-refractivity contribution in [2.75, 3.05) is 6.54 Å². The quantitative estimate of drug-likeness (QED) is 0.692. The Morgan fingerprint density at radius 3 is 2.62 bits per heavy atom. The lowest BCUT2D eigenvalue weighted by molar-refractivity contribution is 0.0529. The van der Waals surface area contributed by atoms with E-state index in [9.17, 15) is 9.18 Å². The first-order chi connectivity index (χ1) is 5.95. The Hall–Kier alpha value is -1.06. The van der Waals surface area contributed by atoms with E-state index in [2.05, 4.69) is 5.32 Å². The average molecular weight is 189 g/mol. The Labute approximate surface area is 78.0 Å². The molecule has 13 heavy (non-hydrogen) atoms. The van der Waals surface area contributed by atoms with Crippen LogP contribution in [-0.2, 0) is 4.74 Å². The Bertz CT molecular complexity index is 185. The van der Waals surface area contributed by atoms with E-state index < -0.39 is 11.7 Å². The summed E-state index contributed by atoms with van der Waals surface area (Å²) >= 11 is 0. The summed E-state index contributed by atoms with van der Waals surface area (Å²) in [6.07, 6.45) is 1.78. The van der Waals surface area contributed by atoms with Gasteiger partial charge in [0, 0.05) is 6.54 Å². The second-order valence-electron chi connectivity index (χ2n) is 3.58. The van der Waals surface area contributed by atoms with Gasteiger partial charge in [0.1, 0.15) is 5.60 Å². The van der Waals surface area contributed by atoms with Crippen LogP contribution < -0.4 is 5.32 Å². The van der Waals surface area contributed by atoms with Crippen molar-refractivity contribution >= 4 is 6.09 Å². The van der Waals surface area contributed by atoms with Crippen molar-refractivity contribution in [3.05, 3.63) is 12.4 Å². The van der Waals surface area contributed by atoms with Crippen LogP contribution in [0.3, 0.4) is 0 Å². The van der Waals surface area contributed by atoms with Crippen LogP contribution in [0.2, 0.25) is 0 Å². The molecule has 0 aliphatic heterocycles. The number of nitrogens with one attached hydrogen (secondary N) is 1. The molecule has 76 valence electrons. The predicted molar refractivity (Wildman–Crippen MR) is 49.1 cm³/mol. The van der Waals surface area contributed by atoms with E-state index in [0.29, 0.717) is 19.3 Å². The molecule has 0 unspecified atom stereocenters. The summed E-state index contributed by atoms with van der Waals surface area (Å²) in [5.41, 5.74) is -0.486. The van der Waals surface area contributed by atoms with Crippen LogP contribution in [-0.4, -0.2) is 18.2 Å². The molecule has 0 aromatic heterocycles. The number of carbonyl (C=O) groups excluding carboxylic acids is 1. The SMILES string of the molecule is CC(C)(C)OC(=O)NCC/C=C\F. The molecule has 0 atom stereocenters. The molecule has 0 saturated carbocycles. The van der Waals surface area contributed by atoms with Gasteiger partial charge in [-0.1, -0.05) is 6.08 Å². The molecular weight excluding hydrogens is 173 g/mol. The minimum atomic E-state index is -0.486. The van der Waals surface area contributed by atoms with Gasteiger partial charge in [-0.05, 0) is 27.2 Å². The first-order valence-electron chi connectivity index (χ1n) is 4.18. The van der Waals surface area contributed by atoms with Gasteiger partial charge < -0.3 is 10.1 Å². The van der Waals surface area contributed by atoms with Crippen LogP contribution in [0.25, 0.3) is 0 Å². The van der Waals surface area contributed by atoms with Crippen molar-refractivity contribution in [1.82, 2.24) is 5.32 Å². The van der Waals surface area contributed by atoms with Crippen LogP contribution in [0.15, 0.2) is 12.4 Å². The highest BCUT2D eigenvalue weighted by Crippen LogP contribution is 2.06. The molecule has 0 saturated heterocycles. The van der Waals surface area contributed by atoms with Crippen LogP contribution >= 0.6 is 0 Å². The maximum absolute atomic E-state index is 11.5. The largest absolute Gasteiger partial charge is 0.444 e. The van der Waals surface area contributed by atoms with Crippen molar-refractivity contribution < 1.29 is 13.9 Å². The number of amides is 1. The summed E-state index contributed by atoms with van der Waals surface area (Å²) < 4.78 is 16.4. The van der Waals surface area contributed by atoms with Gasteiger partial charge in [-0.15, -0.1) is 0 Å². The molecule has 0 rings (SSSR count). The van der Waals surface area contributed by atoms with Gasteiger partial charge >= 0.3 is 6.09 Å². The first kappa shape index (κ1) is 11.9. The Balaban J connectivity index is 3.52. The first-order valence-corrected chi connectivity index (χ1v) is 4.18. The zero-order chi connectivity index (χ0) is 10.3. The van der Waals surface area contributed by atoms with Gasteiger partial charge in [-0.25, -0.2) is 9.18 Å². The van der Waals surface area contributed by atoms with Gasteiger partial charge in [-0.2, -0.15) is 0 Å². The number of rotatable bonds is 3. The molecule has 3 nitrogen and oxygen atoms in total. The van der Waals surface area contributed by atoms with Crippen molar-refractivity contribution in [3.63, 3.8) is 0 Å². The molecule has 0 aliphatic carbocycles. The standard InChI is InChI=1S/C9H16FNO2/c1-9(2,3)13-8(12)11-7-5-4-6-10/h4,6H,5,7H2,1-3H3,(H,11,12)/b6-4-.